The van der Waals surface area contributed by atoms with Gasteiger partial charge in [-0.25, -0.2) is 0 Å². The van der Waals surface area contributed by atoms with Gasteiger partial charge in [0, 0.05) is 23.1 Å². The molecular weight excluding hydrogens is 258 g/mol. The predicted molar refractivity (Wildman–Crippen MR) is 74.7 cm³/mol. The molecule has 0 fully saturated rings. The maximum Gasteiger partial charge on any atom is 0.270 e. The van der Waals surface area contributed by atoms with E-state index in [0.29, 0.717) is 16.8 Å². The Morgan fingerprint density at radius 3 is 2.80 bits per heavy atom. The second kappa shape index (κ2) is 4.65. The topological polar surface area (TPSA) is 81.0 Å². The van der Waals surface area contributed by atoms with Crippen LogP contribution in [0.15, 0.2) is 42.5 Å². The lowest BCUT2D eigenvalue weighted by Gasteiger charge is -2.05. The third-order valence-corrected chi connectivity index (χ3v) is 3.12. The Balaban J connectivity index is 2.26. The number of rotatable bonds is 3. The lowest BCUT2D eigenvalue weighted by molar-refractivity contribution is -0.384. The van der Waals surface area contributed by atoms with Gasteiger partial charge in [0.1, 0.15) is 11.4 Å². The van der Waals surface area contributed by atoms with Crippen molar-refractivity contribution in [1.29, 1.82) is 0 Å². The van der Waals surface area contributed by atoms with Crippen LogP contribution in [0.25, 0.3) is 22.2 Å². The second-order valence-corrected chi connectivity index (χ2v) is 4.26. The molecule has 100 valence electrons. The number of aromatic nitrogens is 2. The minimum atomic E-state index is -0.418. The highest BCUT2D eigenvalue weighted by atomic mass is 16.6. The number of ether oxygens (including phenoxy) is 1. The van der Waals surface area contributed by atoms with Crippen LogP contribution < -0.4 is 4.74 Å². The summed E-state index contributed by atoms with van der Waals surface area (Å²) in [5.41, 5.74) is 2.22. The summed E-state index contributed by atoms with van der Waals surface area (Å²) in [5, 5.41) is 18.7. The van der Waals surface area contributed by atoms with Crippen molar-refractivity contribution in [1.82, 2.24) is 10.2 Å². The van der Waals surface area contributed by atoms with Crippen molar-refractivity contribution in [2.75, 3.05) is 7.11 Å². The summed E-state index contributed by atoms with van der Waals surface area (Å²) in [6.07, 6.45) is 0. The molecule has 6 heteroatoms. The van der Waals surface area contributed by atoms with Gasteiger partial charge in [0.2, 0.25) is 0 Å². The van der Waals surface area contributed by atoms with Gasteiger partial charge in [-0.3, -0.25) is 15.2 Å². The summed E-state index contributed by atoms with van der Waals surface area (Å²) in [7, 11) is 1.58. The third-order valence-electron chi connectivity index (χ3n) is 3.12. The number of nitrogens with zero attached hydrogens (tertiary/aromatic N) is 2. The van der Waals surface area contributed by atoms with Crippen molar-refractivity contribution in [3.63, 3.8) is 0 Å². The smallest absolute Gasteiger partial charge is 0.270 e. The summed E-state index contributed by atoms with van der Waals surface area (Å²) < 4.78 is 5.31. The van der Waals surface area contributed by atoms with Crippen molar-refractivity contribution >= 4 is 16.6 Å². The number of fused-ring (bicyclic) bond motifs is 1. The minimum absolute atomic E-state index is 0.0371. The highest BCUT2D eigenvalue weighted by Crippen LogP contribution is 2.34. The zero-order valence-electron chi connectivity index (χ0n) is 10.7. The molecule has 0 spiro atoms. The summed E-state index contributed by atoms with van der Waals surface area (Å²) in [6.45, 7) is 0. The number of nitro groups is 1. The molecule has 3 aromatic rings. The molecule has 0 bridgehead atoms. The molecule has 1 heterocycles. The normalized spacial score (nSPS) is 10.7. The van der Waals surface area contributed by atoms with Crippen molar-refractivity contribution < 1.29 is 9.66 Å². The van der Waals surface area contributed by atoms with Crippen LogP contribution in [0, 0.1) is 10.1 Å². The lowest BCUT2D eigenvalue weighted by atomic mass is 10.1. The van der Waals surface area contributed by atoms with Crippen LogP contribution in [-0.2, 0) is 0 Å². The fourth-order valence-electron chi connectivity index (χ4n) is 2.16. The van der Waals surface area contributed by atoms with E-state index >= 15 is 0 Å². The molecule has 0 atom stereocenters. The monoisotopic (exact) mass is 269 g/mol. The molecule has 1 aromatic heterocycles. The Morgan fingerprint density at radius 1 is 1.25 bits per heavy atom. The quantitative estimate of drug-likeness (QED) is 0.585. The zero-order chi connectivity index (χ0) is 14.1. The van der Waals surface area contributed by atoms with E-state index in [1.807, 2.05) is 24.3 Å². The highest BCUT2D eigenvalue weighted by molar-refractivity contribution is 5.95. The lowest BCUT2D eigenvalue weighted by Crippen LogP contribution is -1.89. The summed E-state index contributed by atoms with van der Waals surface area (Å²) in [4.78, 5) is 10.5. The molecule has 0 aliphatic heterocycles. The van der Waals surface area contributed by atoms with Crippen LogP contribution in [0.3, 0.4) is 0 Å². The van der Waals surface area contributed by atoms with E-state index in [1.165, 1.54) is 12.1 Å². The van der Waals surface area contributed by atoms with Crippen LogP contribution >= 0.6 is 0 Å². The number of para-hydroxylation sites is 1. The number of non-ortho nitro benzene ring substituents is 1. The average Bonchev–Trinajstić information content (AvgIpc) is 2.89. The van der Waals surface area contributed by atoms with E-state index in [4.69, 9.17) is 4.74 Å². The Morgan fingerprint density at radius 2 is 2.05 bits per heavy atom. The first kappa shape index (κ1) is 12.2. The maximum atomic E-state index is 10.9. The van der Waals surface area contributed by atoms with E-state index in [-0.39, 0.29) is 5.69 Å². The van der Waals surface area contributed by atoms with Gasteiger partial charge in [-0.05, 0) is 18.2 Å². The van der Waals surface area contributed by atoms with Gasteiger partial charge in [0.05, 0.1) is 17.5 Å². The fourth-order valence-corrected chi connectivity index (χ4v) is 2.16. The van der Waals surface area contributed by atoms with Crippen molar-refractivity contribution in [3.05, 3.63) is 52.6 Å². The number of aromatic amines is 1. The van der Waals surface area contributed by atoms with Gasteiger partial charge in [-0.15, -0.1) is 0 Å². The number of benzene rings is 2. The van der Waals surface area contributed by atoms with E-state index in [2.05, 4.69) is 10.2 Å². The van der Waals surface area contributed by atoms with Crippen molar-refractivity contribution in [2.45, 2.75) is 0 Å². The zero-order valence-corrected chi connectivity index (χ0v) is 10.7. The van der Waals surface area contributed by atoms with Crippen LogP contribution in [0.1, 0.15) is 0 Å². The SMILES string of the molecule is COc1ccccc1-c1n[nH]c2ccc([N+](=O)[O-])cc12. The average molecular weight is 269 g/mol. The van der Waals surface area contributed by atoms with E-state index in [0.717, 1.165) is 11.1 Å². The Kier molecular flexibility index (Phi) is 2.83. The minimum Gasteiger partial charge on any atom is -0.496 e. The first-order valence-corrected chi connectivity index (χ1v) is 5.96. The highest BCUT2D eigenvalue weighted by Gasteiger charge is 2.15. The predicted octanol–water partition coefficient (Wildman–Crippen LogP) is 3.15. The molecule has 0 aliphatic carbocycles. The fraction of sp³-hybridized carbons (Fsp3) is 0.0714. The van der Waals surface area contributed by atoms with Gasteiger partial charge >= 0.3 is 0 Å². The van der Waals surface area contributed by atoms with Gasteiger partial charge in [0.25, 0.3) is 5.69 Å². The standard InChI is InChI=1S/C14H11N3O3/c1-20-13-5-3-2-4-10(13)14-11-8-9(17(18)19)6-7-12(11)15-16-14/h2-8H,1H3,(H,15,16). The van der Waals surface area contributed by atoms with Gasteiger partial charge in [0.15, 0.2) is 0 Å². The molecule has 0 saturated carbocycles. The van der Waals surface area contributed by atoms with Crippen LogP contribution in [0.5, 0.6) is 5.75 Å². The Hall–Kier alpha value is -2.89. The summed E-state index contributed by atoms with van der Waals surface area (Å²) >= 11 is 0. The number of methoxy groups -OCH3 is 1. The van der Waals surface area contributed by atoms with Crippen LogP contribution in [0.4, 0.5) is 5.69 Å². The molecule has 0 unspecified atom stereocenters. The van der Waals surface area contributed by atoms with Crippen molar-refractivity contribution in [3.8, 4) is 17.0 Å². The van der Waals surface area contributed by atoms with Crippen LogP contribution in [0.2, 0.25) is 0 Å². The molecule has 2 aromatic carbocycles. The molecule has 0 aliphatic rings. The number of H-pyrrole nitrogens is 1. The molecule has 3 rings (SSSR count). The van der Waals surface area contributed by atoms with E-state index in [1.54, 1.807) is 13.2 Å². The number of hydrogen-bond donors (Lipinski definition) is 1. The Bertz CT molecular complexity index is 795. The van der Waals surface area contributed by atoms with Crippen LogP contribution in [-0.4, -0.2) is 22.2 Å². The molecule has 0 saturated heterocycles. The maximum absolute atomic E-state index is 10.9. The van der Waals surface area contributed by atoms with Gasteiger partial charge in [-0.2, -0.15) is 5.10 Å². The van der Waals surface area contributed by atoms with Crippen molar-refractivity contribution in [2.24, 2.45) is 0 Å². The van der Waals surface area contributed by atoms with Gasteiger partial charge < -0.3 is 4.74 Å². The van der Waals surface area contributed by atoms with E-state index < -0.39 is 4.92 Å². The number of nitrogens with one attached hydrogen (secondary N) is 1. The summed E-state index contributed by atoms with van der Waals surface area (Å²) in [6, 6.07) is 12.0. The number of nitro benzene ring substituents is 1. The molecular formula is C14H11N3O3. The first-order valence-electron chi connectivity index (χ1n) is 5.96. The molecule has 0 amide bonds. The molecule has 20 heavy (non-hydrogen) atoms. The molecule has 1 N–H and O–H groups in total. The molecule has 0 radical (unpaired) electrons. The molecule has 6 nitrogen and oxygen atoms in total. The Labute approximate surface area is 114 Å². The second-order valence-electron chi connectivity index (χ2n) is 4.26. The largest absolute Gasteiger partial charge is 0.496 e. The number of hydrogen-bond acceptors (Lipinski definition) is 4. The summed E-state index contributed by atoms with van der Waals surface area (Å²) in [5.74, 6) is 0.674. The van der Waals surface area contributed by atoms with Gasteiger partial charge in [-0.1, -0.05) is 12.1 Å². The first-order chi connectivity index (χ1) is 9.70. The van der Waals surface area contributed by atoms with E-state index in [9.17, 15) is 10.1 Å². The third kappa shape index (κ3) is 1.87.